The quantitative estimate of drug-likeness (QED) is 0.623. The van der Waals surface area contributed by atoms with Crippen molar-refractivity contribution in [1.82, 2.24) is 9.88 Å². The van der Waals surface area contributed by atoms with E-state index < -0.39 is 0 Å². The van der Waals surface area contributed by atoms with E-state index in [1.54, 1.807) is 18.3 Å². The molecule has 96 valence electrons. The van der Waals surface area contributed by atoms with Crippen molar-refractivity contribution in [1.29, 1.82) is 0 Å². The summed E-state index contributed by atoms with van der Waals surface area (Å²) in [7, 11) is 0. The van der Waals surface area contributed by atoms with E-state index in [2.05, 4.69) is 34.8 Å². The molecular weight excluding hydrogens is 296 g/mol. The van der Waals surface area contributed by atoms with E-state index in [1.165, 1.54) is 4.90 Å². The van der Waals surface area contributed by atoms with Crippen LogP contribution >= 0.6 is 15.9 Å². The third-order valence-electron chi connectivity index (χ3n) is 3.33. The van der Waals surface area contributed by atoms with Crippen LogP contribution in [0.25, 0.3) is 0 Å². The fraction of sp³-hybridized carbons (Fsp3) is 0.462. The lowest BCUT2D eigenvalue weighted by Crippen LogP contribution is -2.33. The Labute approximate surface area is 115 Å². The molecule has 0 spiro atoms. The molecular formula is C13H15BrN2O2. The molecule has 4 nitrogen and oxygen atoms in total. The number of hydrogen-bond donors (Lipinski definition) is 0. The molecule has 1 fully saturated rings. The average molecular weight is 311 g/mol. The number of nitrogens with zero attached hydrogens (tertiary/aromatic N) is 2. The highest BCUT2D eigenvalue weighted by molar-refractivity contribution is 9.10. The maximum absolute atomic E-state index is 12.3. The number of carbonyl (C=O) groups excluding carboxylic acids is 2. The third-order valence-corrected chi connectivity index (χ3v) is 3.96. The van der Waals surface area contributed by atoms with Gasteiger partial charge in [0.25, 0.3) is 5.91 Å². The zero-order valence-electron chi connectivity index (χ0n) is 10.4. The molecule has 0 radical (unpaired) electrons. The van der Waals surface area contributed by atoms with Gasteiger partial charge in [-0.25, -0.2) is 4.98 Å². The van der Waals surface area contributed by atoms with Crippen LogP contribution in [0, 0.1) is 11.8 Å². The summed E-state index contributed by atoms with van der Waals surface area (Å²) in [5.74, 6) is 0.318. The van der Waals surface area contributed by atoms with Gasteiger partial charge in [-0.3, -0.25) is 14.5 Å². The van der Waals surface area contributed by atoms with Crippen LogP contribution in [0.3, 0.4) is 0 Å². The standard InChI is InChI=1S/C13H15BrN2O2/c1-8(2)9-6-11(17)16(7-9)13(18)10-4-3-5-15-12(10)14/h3-5,8-9H,6-7H2,1-2H3. The number of amides is 2. The highest BCUT2D eigenvalue weighted by Gasteiger charge is 2.36. The molecule has 0 saturated carbocycles. The van der Waals surface area contributed by atoms with Gasteiger partial charge in [0, 0.05) is 19.2 Å². The third kappa shape index (κ3) is 2.46. The van der Waals surface area contributed by atoms with Crippen molar-refractivity contribution < 1.29 is 9.59 Å². The Kier molecular flexibility index (Phi) is 3.80. The summed E-state index contributed by atoms with van der Waals surface area (Å²) in [5.41, 5.74) is 0.440. The minimum atomic E-state index is -0.261. The molecule has 0 aliphatic carbocycles. The van der Waals surface area contributed by atoms with Crippen molar-refractivity contribution in [2.24, 2.45) is 11.8 Å². The molecule has 2 amide bonds. The van der Waals surface area contributed by atoms with Crippen LogP contribution in [-0.2, 0) is 4.79 Å². The van der Waals surface area contributed by atoms with E-state index >= 15 is 0 Å². The monoisotopic (exact) mass is 310 g/mol. The number of carbonyl (C=O) groups is 2. The number of rotatable bonds is 2. The van der Waals surface area contributed by atoms with E-state index in [1.807, 2.05) is 0 Å². The SMILES string of the molecule is CC(C)C1CC(=O)N(C(=O)c2cccnc2Br)C1. The molecule has 1 aliphatic rings. The largest absolute Gasteiger partial charge is 0.278 e. The van der Waals surface area contributed by atoms with Gasteiger partial charge >= 0.3 is 0 Å². The van der Waals surface area contributed by atoms with Crippen LogP contribution in [0.15, 0.2) is 22.9 Å². The molecule has 0 bridgehead atoms. The number of aromatic nitrogens is 1. The second-order valence-electron chi connectivity index (χ2n) is 4.86. The summed E-state index contributed by atoms with van der Waals surface area (Å²) in [4.78, 5) is 29.5. The first-order valence-corrected chi connectivity index (χ1v) is 6.75. The first kappa shape index (κ1) is 13.2. The summed E-state index contributed by atoms with van der Waals surface area (Å²) < 4.78 is 0.482. The van der Waals surface area contributed by atoms with Crippen molar-refractivity contribution in [2.45, 2.75) is 20.3 Å². The first-order chi connectivity index (χ1) is 8.50. The Balaban J connectivity index is 2.21. The Morgan fingerprint density at radius 1 is 1.56 bits per heavy atom. The molecule has 1 atom stereocenters. The molecule has 18 heavy (non-hydrogen) atoms. The van der Waals surface area contributed by atoms with Crippen molar-refractivity contribution in [2.75, 3.05) is 6.54 Å². The van der Waals surface area contributed by atoms with Crippen LogP contribution in [0.1, 0.15) is 30.6 Å². The minimum Gasteiger partial charge on any atom is -0.278 e. The molecule has 1 unspecified atom stereocenters. The zero-order valence-corrected chi connectivity index (χ0v) is 12.0. The Morgan fingerprint density at radius 2 is 2.28 bits per heavy atom. The van der Waals surface area contributed by atoms with Gasteiger partial charge in [0.1, 0.15) is 4.60 Å². The van der Waals surface area contributed by atoms with Gasteiger partial charge in [0.15, 0.2) is 0 Å². The summed E-state index contributed by atoms with van der Waals surface area (Å²) in [6.07, 6.45) is 2.06. The highest BCUT2D eigenvalue weighted by atomic mass is 79.9. The van der Waals surface area contributed by atoms with Gasteiger partial charge in [-0.15, -0.1) is 0 Å². The lowest BCUT2D eigenvalue weighted by atomic mass is 9.95. The molecule has 5 heteroatoms. The number of likely N-dealkylation sites (tertiary alicyclic amines) is 1. The Bertz CT molecular complexity index is 488. The van der Waals surface area contributed by atoms with E-state index in [0.29, 0.717) is 29.1 Å². The van der Waals surface area contributed by atoms with Crippen molar-refractivity contribution >= 4 is 27.7 Å². The smallest absolute Gasteiger partial charge is 0.263 e. The summed E-state index contributed by atoms with van der Waals surface area (Å²) in [6, 6.07) is 3.37. The van der Waals surface area contributed by atoms with Gasteiger partial charge in [-0.05, 0) is 39.9 Å². The van der Waals surface area contributed by atoms with Crippen LogP contribution in [0.2, 0.25) is 0 Å². The molecule has 2 heterocycles. The van der Waals surface area contributed by atoms with E-state index in [0.717, 1.165) is 0 Å². The molecule has 0 N–H and O–H groups in total. The van der Waals surface area contributed by atoms with Crippen LogP contribution in [0.4, 0.5) is 0 Å². The summed E-state index contributed by atoms with van der Waals surface area (Å²) in [6.45, 7) is 4.66. The predicted octanol–water partition coefficient (Wildman–Crippen LogP) is 2.49. The minimum absolute atomic E-state index is 0.0885. The van der Waals surface area contributed by atoms with E-state index in [-0.39, 0.29) is 17.7 Å². The number of halogens is 1. The van der Waals surface area contributed by atoms with Crippen LogP contribution in [-0.4, -0.2) is 28.2 Å². The van der Waals surface area contributed by atoms with Crippen LogP contribution in [0.5, 0.6) is 0 Å². The summed E-state index contributed by atoms with van der Waals surface area (Å²) >= 11 is 3.24. The Hall–Kier alpha value is -1.23. The zero-order chi connectivity index (χ0) is 13.3. The van der Waals surface area contributed by atoms with E-state index in [9.17, 15) is 9.59 Å². The lowest BCUT2D eigenvalue weighted by molar-refractivity contribution is -0.125. The summed E-state index contributed by atoms with van der Waals surface area (Å²) in [5, 5.41) is 0. The fourth-order valence-electron chi connectivity index (χ4n) is 2.07. The molecule has 1 saturated heterocycles. The maximum atomic E-state index is 12.3. The molecule has 1 aromatic rings. The maximum Gasteiger partial charge on any atom is 0.263 e. The molecule has 2 rings (SSSR count). The molecule has 0 aromatic carbocycles. The number of imide groups is 1. The Morgan fingerprint density at radius 3 is 2.83 bits per heavy atom. The number of hydrogen-bond acceptors (Lipinski definition) is 3. The number of pyridine rings is 1. The van der Waals surface area contributed by atoms with Gasteiger partial charge in [-0.2, -0.15) is 0 Å². The fourth-order valence-corrected chi connectivity index (χ4v) is 2.49. The highest BCUT2D eigenvalue weighted by Crippen LogP contribution is 2.27. The first-order valence-electron chi connectivity index (χ1n) is 5.96. The van der Waals surface area contributed by atoms with Crippen LogP contribution < -0.4 is 0 Å². The second kappa shape index (κ2) is 5.18. The predicted molar refractivity (Wildman–Crippen MR) is 70.9 cm³/mol. The second-order valence-corrected chi connectivity index (χ2v) is 5.61. The van der Waals surface area contributed by atoms with Gasteiger partial charge in [0.05, 0.1) is 5.56 Å². The topological polar surface area (TPSA) is 50.3 Å². The lowest BCUT2D eigenvalue weighted by Gasteiger charge is -2.16. The van der Waals surface area contributed by atoms with Gasteiger partial charge < -0.3 is 0 Å². The molecule has 1 aliphatic heterocycles. The average Bonchev–Trinajstić information content (AvgIpc) is 2.71. The van der Waals surface area contributed by atoms with Gasteiger partial charge in [0.2, 0.25) is 5.91 Å². The van der Waals surface area contributed by atoms with Crippen molar-refractivity contribution in [3.05, 3.63) is 28.5 Å². The van der Waals surface area contributed by atoms with Crippen molar-refractivity contribution in [3.63, 3.8) is 0 Å². The van der Waals surface area contributed by atoms with Crippen molar-refractivity contribution in [3.8, 4) is 0 Å². The molecule has 1 aromatic heterocycles. The van der Waals surface area contributed by atoms with Gasteiger partial charge in [-0.1, -0.05) is 13.8 Å². The van der Waals surface area contributed by atoms with E-state index in [4.69, 9.17) is 0 Å². The normalized spacial score (nSPS) is 19.7.